The molecule has 0 aliphatic rings. The van der Waals surface area contributed by atoms with Gasteiger partial charge in [0.2, 0.25) is 5.78 Å². The van der Waals surface area contributed by atoms with Crippen LogP contribution in [0.15, 0.2) is 34.9 Å². The van der Waals surface area contributed by atoms with E-state index in [2.05, 4.69) is 21.0 Å². The molecule has 0 spiro atoms. The average molecular weight is 353 g/mol. The molecule has 3 nitrogen and oxygen atoms in total. The molecule has 0 atom stereocenters. The Morgan fingerprint density at radius 2 is 2.25 bits per heavy atom. The number of hydrogen-bond acceptors (Lipinski definition) is 3. The summed E-state index contributed by atoms with van der Waals surface area (Å²) < 4.78 is 16.3. The summed E-state index contributed by atoms with van der Waals surface area (Å²) in [4.78, 5) is 13.2. The highest BCUT2D eigenvalue weighted by Crippen LogP contribution is 2.29. The summed E-state index contributed by atoms with van der Waals surface area (Å²) in [6, 6.07) is 6.32. The van der Waals surface area contributed by atoms with E-state index in [1.807, 2.05) is 6.92 Å². The van der Waals surface area contributed by atoms with Gasteiger partial charge < -0.3 is 0 Å². The number of carbonyl (C=O) groups excluding carboxylic acids is 1. The zero-order valence-electron chi connectivity index (χ0n) is 10.6. The Hall–Kier alpha value is -1.53. The fourth-order valence-electron chi connectivity index (χ4n) is 2.06. The lowest BCUT2D eigenvalue weighted by Gasteiger charge is -2.02. The largest absolute Gasteiger partial charge is 0.286 e. The van der Waals surface area contributed by atoms with Crippen molar-refractivity contribution in [3.8, 4) is 0 Å². The number of hydrogen-bond donors (Lipinski definition) is 0. The molecule has 0 N–H and O–H groups in total. The molecule has 1 aromatic carbocycles. The number of thiophene rings is 1. The standard InChI is InChI=1S/C14H10BrFN2OS/c1-2-18-13(10(15)7-17-18)14(19)12-5-8-3-4-9(16)6-11(8)20-12/h3-7H,2H2,1H3. The van der Waals surface area contributed by atoms with Crippen LogP contribution in [-0.4, -0.2) is 15.6 Å². The molecule has 0 unspecified atom stereocenters. The molecule has 6 heteroatoms. The molecule has 2 heterocycles. The van der Waals surface area contributed by atoms with Gasteiger partial charge in [-0.15, -0.1) is 11.3 Å². The molecule has 0 radical (unpaired) electrons. The van der Waals surface area contributed by atoms with Gasteiger partial charge in [0.25, 0.3) is 0 Å². The second-order valence-corrected chi connectivity index (χ2v) is 6.22. The number of rotatable bonds is 3. The molecule has 2 aromatic heterocycles. The third kappa shape index (κ3) is 2.19. The SMILES string of the molecule is CCn1ncc(Br)c1C(=O)c1cc2ccc(F)cc2s1. The van der Waals surface area contributed by atoms with Crippen LogP contribution in [0.1, 0.15) is 22.3 Å². The van der Waals surface area contributed by atoms with Crippen molar-refractivity contribution in [3.05, 3.63) is 51.3 Å². The Morgan fingerprint density at radius 3 is 3.00 bits per heavy atom. The van der Waals surface area contributed by atoms with E-state index in [1.54, 1.807) is 23.0 Å². The highest BCUT2D eigenvalue weighted by Gasteiger charge is 2.20. The Kier molecular flexibility index (Phi) is 3.43. The number of aryl methyl sites for hydroxylation is 1. The van der Waals surface area contributed by atoms with E-state index >= 15 is 0 Å². The lowest BCUT2D eigenvalue weighted by molar-refractivity contribution is 0.103. The first-order chi connectivity index (χ1) is 9.60. The third-order valence-corrected chi connectivity index (χ3v) is 4.69. The van der Waals surface area contributed by atoms with Gasteiger partial charge in [-0.3, -0.25) is 9.48 Å². The van der Waals surface area contributed by atoms with Gasteiger partial charge >= 0.3 is 0 Å². The molecule has 102 valence electrons. The summed E-state index contributed by atoms with van der Waals surface area (Å²) in [6.45, 7) is 2.54. The number of ketones is 1. The van der Waals surface area contributed by atoms with Crippen LogP contribution in [0.25, 0.3) is 10.1 Å². The van der Waals surface area contributed by atoms with Crippen LogP contribution in [0, 0.1) is 5.82 Å². The van der Waals surface area contributed by atoms with E-state index in [0.29, 0.717) is 21.6 Å². The van der Waals surface area contributed by atoms with E-state index in [9.17, 15) is 9.18 Å². The number of aromatic nitrogens is 2. The monoisotopic (exact) mass is 352 g/mol. The van der Waals surface area contributed by atoms with Crippen molar-refractivity contribution < 1.29 is 9.18 Å². The van der Waals surface area contributed by atoms with Gasteiger partial charge in [0, 0.05) is 11.2 Å². The summed E-state index contributed by atoms with van der Waals surface area (Å²) >= 11 is 4.65. The predicted octanol–water partition coefficient (Wildman–Crippen LogP) is 4.25. The minimum atomic E-state index is -0.293. The maximum absolute atomic E-state index is 13.2. The molecular formula is C14H10BrFN2OS. The Morgan fingerprint density at radius 1 is 1.45 bits per heavy atom. The topological polar surface area (TPSA) is 34.9 Å². The first kappa shape index (κ1) is 13.5. The van der Waals surface area contributed by atoms with Crippen molar-refractivity contribution in [2.24, 2.45) is 0 Å². The molecule has 0 saturated heterocycles. The first-order valence-corrected chi connectivity index (χ1v) is 7.66. The van der Waals surface area contributed by atoms with Gasteiger partial charge in [-0.25, -0.2) is 4.39 Å². The van der Waals surface area contributed by atoms with Crippen LogP contribution in [0.4, 0.5) is 4.39 Å². The van der Waals surface area contributed by atoms with Gasteiger partial charge in [0.15, 0.2) is 0 Å². The summed E-state index contributed by atoms with van der Waals surface area (Å²) in [5.41, 5.74) is 0.527. The predicted molar refractivity (Wildman–Crippen MR) is 80.8 cm³/mol. The molecule has 0 saturated carbocycles. The number of benzene rings is 1. The fourth-order valence-corrected chi connectivity index (χ4v) is 3.57. The minimum Gasteiger partial charge on any atom is -0.286 e. The van der Waals surface area contributed by atoms with Gasteiger partial charge in [-0.2, -0.15) is 5.10 Å². The van der Waals surface area contributed by atoms with Crippen LogP contribution in [0.3, 0.4) is 0 Å². The normalized spacial score (nSPS) is 11.2. The van der Waals surface area contributed by atoms with Crippen LogP contribution >= 0.6 is 27.3 Å². The Balaban J connectivity index is 2.10. The van der Waals surface area contributed by atoms with E-state index in [1.165, 1.54) is 23.5 Å². The highest BCUT2D eigenvalue weighted by molar-refractivity contribution is 9.10. The number of carbonyl (C=O) groups is 1. The summed E-state index contributed by atoms with van der Waals surface area (Å²) in [7, 11) is 0. The van der Waals surface area contributed by atoms with Gasteiger partial charge in [0.05, 0.1) is 15.5 Å². The number of nitrogens with zero attached hydrogens (tertiary/aromatic N) is 2. The van der Waals surface area contributed by atoms with Gasteiger partial charge in [-0.05, 0) is 46.4 Å². The van der Waals surface area contributed by atoms with Crippen LogP contribution in [0.2, 0.25) is 0 Å². The molecule has 0 aliphatic carbocycles. The zero-order chi connectivity index (χ0) is 14.3. The van der Waals surface area contributed by atoms with Crippen molar-refractivity contribution in [3.63, 3.8) is 0 Å². The highest BCUT2D eigenvalue weighted by atomic mass is 79.9. The third-order valence-electron chi connectivity index (χ3n) is 3.02. The van der Waals surface area contributed by atoms with E-state index in [4.69, 9.17) is 0 Å². The molecule has 3 rings (SSSR count). The molecule has 0 aliphatic heterocycles. The Bertz CT molecular complexity index is 809. The average Bonchev–Trinajstić information content (AvgIpc) is 3.00. The van der Waals surface area contributed by atoms with Crippen LogP contribution in [0.5, 0.6) is 0 Å². The molecule has 3 aromatic rings. The van der Waals surface area contributed by atoms with Crippen molar-refractivity contribution in [1.82, 2.24) is 9.78 Å². The lowest BCUT2D eigenvalue weighted by atomic mass is 10.2. The second-order valence-electron chi connectivity index (χ2n) is 4.28. The summed E-state index contributed by atoms with van der Waals surface area (Å²) in [6.07, 6.45) is 1.61. The number of fused-ring (bicyclic) bond motifs is 1. The molecular weight excluding hydrogens is 343 g/mol. The van der Waals surface area contributed by atoms with Crippen molar-refractivity contribution in [1.29, 1.82) is 0 Å². The number of halogens is 2. The lowest BCUT2D eigenvalue weighted by Crippen LogP contribution is -2.09. The zero-order valence-corrected chi connectivity index (χ0v) is 13.0. The van der Waals surface area contributed by atoms with Crippen LogP contribution < -0.4 is 0 Å². The first-order valence-electron chi connectivity index (χ1n) is 6.05. The summed E-state index contributed by atoms with van der Waals surface area (Å²) in [5.74, 6) is -0.393. The van der Waals surface area contributed by atoms with Crippen molar-refractivity contribution in [2.75, 3.05) is 0 Å². The second kappa shape index (κ2) is 5.10. The van der Waals surface area contributed by atoms with E-state index in [0.717, 1.165) is 10.1 Å². The van der Waals surface area contributed by atoms with E-state index in [-0.39, 0.29) is 11.6 Å². The molecule has 0 amide bonds. The van der Waals surface area contributed by atoms with Crippen molar-refractivity contribution in [2.45, 2.75) is 13.5 Å². The smallest absolute Gasteiger partial charge is 0.222 e. The van der Waals surface area contributed by atoms with Crippen LogP contribution in [-0.2, 0) is 6.54 Å². The summed E-state index contributed by atoms with van der Waals surface area (Å²) in [5, 5.41) is 5.02. The molecule has 0 bridgehead atoms. The van der Waals surface area contributed by atoms with E-state index < -0.39 is 0 Å². The maximum atomic E-state index is 13.2. The molecule has 20 heavy (non-hydrogen) atoms. The van der Waals surface area contributed by atoms with Crippen molar-refractivity contribution >= 4 is 43.1 Å². The van der Waals surface area contributed by atoms with Gasteiger partial charge in [0.1, 0.15) is 11.5 Å². The Labute approximate surface area is 127 Å². The minimum absolute atomic E-state index is 0.0992. The fraction of sp³-hybridized carbons (Fsp3) is 0.143. The quantitative estimate of drug-likeness (QED) is 0.660. The molecule has 0 fully saturated rings. The van der Waals surface area contributed by atoms with Gasteiger partial charge in [-0.1, -0.05) is 6.07 Å². The maximum Gasteiger partial charge on any atom is 0.222 e.